The molecular formula is C16H18N2O2. The SMILES string of the molecule is CC(C)(C)c1ccccc1NC(=O)c1cc(=O)cc[nH]1. The second-order valence-corrected chi connectivity index (χ2v) is 5.69. The van der Waals surface area contributed by atoms with Gasteiger partial charge in [-0.25, -0.2) is 0 Å². The highest BCUT2D eigenvalue weighted by Gasteiger charge is 2.19. The molecule has 0 bridgehead atoms. The Morgan fingerprint density at radius 3 is 2.50 bits per heavy atom. The van der Waals surface area contributed by atoms with Crippen molar-refractivity contribution in [1.82, 2.24) is 4.98 Å². The van der Waals surface area contributed by atoms with E-state index in [0.717, 1.165) is 11.3 Å². The summed E-state index contributed by atoms with van der Waals surface area (Å²) in [6, 6.07) is 10.3. The first-order valence-corrected chi connectivity index (χ1v) is 6.47. The molecule has 4 heteroatoms. The van der Waals surface area contributed by atoms with Gasteiger partial charge < -0.3 is 10.3 Å². The van der Waals surface area contributed by atoms with Crippen molar-refractivity contribution in [3.63, 3.8) is 0 Å². The second kappa shape index (κ2) is 5.33. The predicted octanol–water partition coefficient (Wildman–Crippen LogP) is 2.92. The molecule has 0 atom stereocenters. The molecule has 0 saturated heterocycles. The lowest BCUT2D eigenvalue weighted by Gasteiger charge is -2.22. The van der Waals surface area contributed by atoms with Crippen LogP contribution < -0.4 is 10.7 Å². The fourth-order valence-corrected chi connectivity index (χ4v) is 2.01. The zero-order valence-corrected chi connectivity index (χ0v) is 11.9. The van der Waals surface area contributed by atoms with Crippen molar-refractivity contribution in [3.05, 3.63) is 64.1 Å². The summed E-state index contributed by atoms with van der Waals surface area (Å²) in [5.74, 6) is -0.320. The monoisotopic (exact) mass is 270 g/mol. The van der Waals surface area contributed by atoms with Gasteiger partial charge in [0.05, 0.1) is 0 Å². The van der Waals surface area contributed by atoms with Crippen molar-refractivity contribution in [2.75, 3.05) is 5.32 Å². The lowest BCUT2D eigenvalue weighted by atomic mass is 9.86. The number of anilines is 1. The van der Waals surface area contributed by atoms with Gasteiger partial charge in [-0.2, -0.15) is 0 Å². The van der Waals surface area contributed by atoms with E-state index in [9.17, 15) is 9.59 Å². The fourth-order valence-electron chi connectivity index (χ4n) is 2.01. The first-order chi connectivity index (χ1) is 9.38. The van der Waals surface area contributed by atoms with E-state index < -0.39 is 0 Å². The van der Waals surface area contributed by atoms with Crippen LogP contribution in [-0.2, 0) is 5.41 Å². The molecule has 104 valence electrons. The van der Waals surface area contributed by atoms with Crippen molar-refractivity contribution in [2.45, 2.75) is 26.2 Å². The number of aromatic nitrogens is 1. The Bertz CT molecular complexity index is 681. The number of carbonyl (C=O) groups excluding carboxylic acids is 1. The largest absolute Gasteiger partial charge is 0.357 e. The highest BCUT2D eigenvalue weighted by atomic mass is 16.2. The molecule has 0 radical (unpaired) electrons. The van der Waals surface area contributed by atoms with E-state index in [4.69, 9.17) is 0 Å². The molecule has 0 aliphatic heterocycles. The molecule has 0 spiro atoms. The van der Waals surface area contributed by atoms with Gasteiger partial charge in [0.2, 0.25) is 0 Å². The van der Waals surface area contributed by atoms with E-state index in [1.54, 1.807) is 0 Å². The Balaban J connectivity index is 2.31. The van der Waals surface area contributed by atoms with Crippen LogP contribution in [0.25, 0.3) is 0 Å². The maximum absolute atomic E-state index is 12.2. The van der Waals surface area contributed by atoms with Crippen LogP contribution in [0.4, 0.5) is 5.69 Å². The third kappa shape index (κ3) is 3.15. The summed E-state index contributed by atoms with van der Waals surface area (Å²) >= 11 is 0. The van der Waals surface area contributed by atoms with Gasteiger partial charge in [0.15, 0.2) is 5.43 Å². The summed E-state index contributed by atoms with van der Waals surface area (Å²) in [5, 5.41) is 2.85. The molecule has 0 aliphatic carbocycles. The summed E-state index contributed by atoms with van der Waals surface area (Å²) in [5.41, 5.74) is 1.79. The van der Waals surface area contributed by atoms with Crippen LogP contribution >= 0.6 is 0 Å². The first-order valence-electron chi connectivity index (χ1n) is 6.47. The molecule has 0 aliphatic rings. The Labute approximate surface area is 117 Å². The number of amides is 1. The number of nitrogens with one attached hydrogen (secondary N) is 2. The van der Waals surface area contributed by atoms with Gasteiger partial charge in [0, 0.05) is 24.0 Å². The highest BCUT2D eigenvalue weighted by Crippen LogP contribution is 2.29. The molecule has 20 heavy (non-hydrogen) atoms. The molecule has 0 fully saturated rings. The Morgan fingerprint density at radius 2 is 1.85 bits per heavy atom. The van der Waals surface area contributed by atoms with E-state index in [1.807, 2.05) is 24.3 Å². The number of H-pyrrole nitrogens is 1. The maximum Gasteiger partial charge on any atom is 0.272 e. The molecule has 2 rings (SSSR count). The zero-order chi connectivity index (χ0) is 14.8. The summed E-state index contributed by atoms with van der Waals surface area (Å²) in [6.07, 6.45) is 1.47. The molecule has 0 unspecified atom stereocenters. The van der Waals surface area contributed by atoms with Gasteiger partial charge in [-0.15, -0.1) is 0 Å². The van der Waals surface area contributed by atoms with Crippen LogP contribution in [0.1, 0.15) is 36.8 Å². The van der Waals surface area contributed by atoms with Crippen LogP contribution in [0.5, 0.6) is 0 Å². The van der Waals surface area contributed by atoms with Gasteiger partial charge >= 0.3 is 0 Å². The Kier molecular flexibility index (Phi) is 3.74. The van der Waals surface area contributed by atoms with E-state index in [1.165, 1.54) is 18.3 Å². The molecule has 1 aromatic carbocycles. The number of aromatic amines is 1. The summed E-state index contributed by atoms with van der Waals surface area (Å²) in [6.45, 7) is 6.26. The smallest absolute Gasteiger partial charge is 0.272 e. The summed E-state index contributed by atoms with van der Waals surface area (Å²) in [7, 11) is 0. The molecule has 0 saturated carbocycles. The van der Waals surface area contributed by atoms with Crippen molar-refractivity contribution >= 4 is 11.6 Å². The van der Waals surface area contributed by atoms with E-state index in [-0.39, 0.29) is 22.4 Å². The minimum atomic E-state index is -0.320. The standard InChI is InChI=1S/C16H18N2O2/c1-16(2,3)12-6-4-5-7-13(12)18-15(20)14-10-11(19)8-9-17-14/h4-10H,1-3H3,(H,17,19)(H,18,20). The molecular weight excluding hydrogens is 252 g/mol. The lowest BCUT2D eigenvalue weighted by Crippen LogP contribution is -2.20. The van der Waals surface area contributed by atoms with E-state index in [0.29, 0.717) is 0 Å². The number of para-hydroxylation sites is 1. The molecule has 2 aromatic rings. The van der Waals surface area contributed by atoms with Gasteiger partial charge in [-0.3, -0.25) is 9.59 Å². The average Bonchev–Trinajstić information content (AvgIpc) is 2.38. The number of pyridine rings is 1. The first kappa shape index (κ1) is 14.1. The number of rotatable bonds is 2. The van der Waals surface area contributed by atoms with E-state index >= 15 is 0 Å². The van der Waals surface area contributed by atoms with Gasteiger partial charge in [0.25, 0.3) is 5.91 Å². The third-order valence-electron chi connectivity index (χ3n) is 3.00. The minimum Gasteiger partial charge on any atom is -0.357 e. The van der Waals surface area contributed by atoms with Crippen molar-refractivity contribution in [3.8, 4) is 0 Å². The zero-order valence-electron chi connectivity index (χ0n) is 11.9. The van der Waals surface area contributed by atoms with Crippen LogP contribution in [0.2, 0.25) is 0 Å². The normalized spacial score (nSPS) is 11.2. The second-order valence-electron chi connectivity index (χ2n) is 5.69. The van der Waals surface area contributed by atoms with Gasteiger partial charge in [0.1, 0.15) is 5.69 Å². The van der Waals surface area contributed by atoms with Crippen molar-refractivity contribution in [2.24, 2.45) is 0 Å². The fraction of sp³-hybridized carbons (Fsp3) is 0.250. The highest BCUT2D eigenvalue weighted by molar-refractivity contribution is 6.03. The minimum absolute atomic E-state index is 0.0754. The van der Waals surface area contributed by atoms with Crippen LogP contribution in [-0.4, -0.2) is 10.9 Å². The summed E-state index contributed by atoms with van der Waals surface area (Å²) in [4.78, 5) is 26.2. The van der Waals surface area contributed by atoms with Gasteiger partial charge in [-0.1, -0.05) is 39.0 Å². The quantitative estimate of drug-likeness (QED) is 0.881. The van der Waals surface area contributed by atoms with Crippen LogP contribution in [0.15, 0.2) is 47.4 Å². The van der Waals surface area contributed by atoms with Crippen LogP contribution in [0, 0.1) is 0 Å². The number of hydrogen-bond acceptors (Lipinski definition) is 2. The van der Waals surface area contributed by atoms with E-state index in [2.05, 4.69) is 31.1 Å². The summed E-state index contributed by atoms with van der Waals surface area (Å²) < 4.78 is 0. The maximum atomic E-state index is 12.2. The molecule has 4 nitrogen and oxygen atoms in total. The topological polar surface area (TPSA) is 62.0 Å². The Morgan fingerprint density at radius 1 is 1.15 bits per heavy atom. The Hall–Kier alpha value is -2.36. The number of benzene rings is 1. The average molecular weight is 270 g/mol. The lowest BCUT2D eigenvalue weighted by molar-refractivity contribution is 0.102. The number of hydrogen-bond donors (Lipinski definition) is 2. The van der Waals surface area contributed by atoms with Crippen molar-refractivity contribution in [1.29, 1.82) is 0 Å². The van der Waals surface area contributed by atoms with Crippen LogP contribution in [0.3, 0.4) is 0 Å². The third-order valence-corrected chi connectivity index (χ3v) is 3.00. The van der Waals surface area contributed by atoms with Gasteiger partial charge in [-0.05, 0) is 17.0 Å². The molecule has 1 amide bonds. The number of carbonyl (C=O) groups is 1. The molecule has 2 N–H and O–H groups in total. The molecule has 1 aromatic heterocycles. The van der Waals surface area contributed by atoms with Crippen molar-refractivity contribution < 1.29 is 4.79 Å². The predicted molar refractivity (Wildman–Crippen MR) is 80.2 cm³/mol. The molecule has 1 heterocycles.